The first-order valence-corrected chi connectivity index (χ1v) is 9.15. The number of hydrogen-bond acceptors (Lipinski definition) is 4. The fourth-order valence-electron chi connectivity index (χ4n) is 3.15. The molecule has 5 heteroatoms. The summed E-state index contributed by atoms with van der Waals surface area (Å²) in [7, 11) is 0. The van der Waals surface area contributed by atoms with E-state index in [0.717, 1.165) is 40.2 Å². The Hall–Kier alpha value is -3.21. The predicted octanol–water partition coefficient (Wildman–Crippen LogP) is 4.24. The standard InChI is InChI=1S/C22H22N4O/c1-3-27-19-6-4-16(5-7-19)10-21-23-12-17(13-24-21)9-18-14-26-22-20(18)8-15(2)11-25-22/h4-8,11-14H,3,9-10H2,1-2H3,(H,25,26). The molecule has 0 radical (unpaired) electrons. The van der Waals surface area contributed by atoms with E-state index in [9.17, 15) is 0 Å². The quantitative estimate of drug-likeness (QED) is 0.560. The monoisotopic (exact) mass is 358 g/mol. The number of ether oxygens (including phenoxy) is 1. The Morgan fingerprint density at radius 2 is 1.70 bits per heavy atom. The molecule has 0 unspecified atom stereocenters. The van der Waals surface area contributed by atoms with Gasteiger partial charge in [-0.05, 0) is 54.3 Å². The highest BCUT2D eigenvalue weighted by Gasteiger charge is 2.07. The van der Waals surface area contributed by atoms with E-state index in [2.05, 4.69) is 45.1 Å². The first-order chi connectivity index (χ1) is 13.2. The Morgan fingerprint density at radius 3 is 2.44 bits per heavy atom. The molecule has 0 saturated heterocycles. The number of rotatable bonds is 6. The van der Waals surface area contributed by atoms with E-state index in [1.807, 2.05) is 43.8 Å². The molecule has 0 spiro atoms. The maximum atomic E-state index is 5.48. The van der Waals surface area contributed by atoms with Gasteiger partial charge in [-0.25, -0.2) is 15.0 Å². The molecule has 0 fully saturated rings. The lowest BCUT2D eigenvalue weighted by atomic mass is 10.1. The highest BCUT2D eigenvalue weighted by molar-refractivity contribution is 5.80. The summed E-state index contributed by atoms with van der Waals surface area (Å²) in [6, 6.07) is 10.3. The van der Waals surface area contributed by atoms with E-state index < -0.39 is 0 Å². The summed E-state index contributed by atoms with van der Waals surface area (Å²) in [5.41, 5.74) is 5.55. The molecule has 0 aliphatic rings. The predicted molar refractivity (Wildman–Crippen MR) is 106 cm³/mol. The Morgan fingerprint density at radius 1 is 0.926 bits per heavy atom. The highest BCUT2D eigenvalue weighted by atomic mass is 16.5. The van der Waals surface area contributed by atoms with Crippen molar-refractivity contribution in [3.8, 4) is 5.75 Å². The molecule has 1 N–H and O–H groups in total. The molecule has 136 valence electrons. The summed E-state index contributed by atoms with van der Waals surface area (Å²) in [6.45, 7) is 4.72. The van der Waals surface area contributed by atoms with E-state index in [-0.39, 0.29) is 0 Å². The number of pyridine rings is 1. The van der Waals surface area contributed by atoms with E-state index in [1.165, 1.54) is 11.1 Å². The maximum Gasteiger partial charge on any atom is 0.137 e. The van der Waals surface area contributed by atoms with Crippen LogP contribution < -0.4 is 4.74 Å². The molecule has 3 heterocycles. The fraction of sp³-hybridized carbons (Fsp3) is 0.227. The van der Waals surface area contributed by atoms with Crippen molar-refractivity contribution in [2.75, 3.05) is 6.61 Å². The molecule has 5 nitrogen and oxygen atoms in total. The van der Waals surface area contributed by atoms with Gasteiger partial charge in [0.2, 0.25) is 0 Å². The molecule has 4 aromatic rings. The summed E-state index contributed by atoms with van der Waals surface area (Å²) in [5, 5.41) is 1.16. The van der Waals surface area contributed by atoms with Crippen LogP contribution in [0.3, 0.4) is 0 Å². The van der Waals surface area contributed by atoms with Crippen molar-refractivity contribution < 1.29 is 4.74 Å². The van der Waals surface area contributed by atoms with Gasteiger partial charge in [-0.15, -0.1) is 0 Å². The molecule has 0 aliphatic carbocycles. The van der Waals surface area contributed by atoms with Crippen LogP contribution in [0.5, 0.6) is 5.75 Å². The molecule has 27 heavy (non-hydrogen) atoms. The first kappa shape index (κ1) is 17.2. The fourth-order valence-corrected chi connectivity index (χ4v) is 3.15. The maximum absolute atomic E-state index is 5.48. The lowest BCUT2D eigenvalue weighted by Gasteiger charge is -2.05. The SMILES string of the molecule is CCOc1ccc(Cc2ncc(Cc3c[nH]c4ncc(C)cc34)cn2)cc1. The minimum absolute atomic E-state index is 0.677. The van der Waals surface area contributed by atoms with Crippen LogP contribution in [-0.2, 0) is 12.8 Å². The van der Waals surface area contributed by atoms with Crippen LogP contribution in [0.2, 0.25) is 0 Å². The van der Waals surface area contributed by atoms with Gasteiger partial charge >= 0.3 is 0 Å². The summed E-state index contributed by atoms with van der Waals surface area (Å²) < 4.78 is 5.48. The number of H-pyrrole nitrogens is 1. The molecular weight excluding hydrogens is 336 g/mol. The third-order valence-corrected chi connectivity index (χ3v) is 4.50. The number of aromatic amines is 1. The largest absolute Gasteiger partial charge is 0.494 e. The van der Waals surface area contributed by atoms with Crippen LogP contribution >= 0.6 is 0 Å². The second-order valence-corrected chi connectivity index (χ2v) is 6.66. The van der Waals surface area contributed by atoms with Crippen LogP contribution in [0.25, 0.3) is 11.0 Å². The van der Waals surface area contributed by atoms with E-state index in [1.54, 1.807) is 0 Å². The van der Waals surface area contributed by atoms with Gasteiger partial charge in [0, 0.05) is 43.0 Å². The molecule has 1 aromatic carbocycles. The van der Waals surface area contributed by atoms with E-state index >= 15 is 0 Å². The average molecular weight is 358 g/mol. The Labute approximate surface area is 158 Å². The molecule has 0 amide bonds. The van der Waals surface area contributed by atoms with Crippen molar-refractivity contribution in [1.29, 1.82) is 0 Å². The molecule has 3 aromatic heterocycles. The Bertz CT molecular complexity index is 1040. The summed E-state index contributed by atoms with van der Waals surface area (Å²) >= 11 is 0. The smallest absolute Gasteiger partial charge is 0.137 e. The van der Waals surface area contributed by atoms with Gasteiger partial charge in [-0.2, -0.15) is 0 Å². The van der Waals surface area contributed by atoms with E-state index in [4.69, 9.17) is 4.74 Å². The number of hydrogen-bond donors (Lipinski definition) is 1. The number of benzene rings is 1. The van der Waals surface area contributed by atoms with Crippen molar-refractivity contribution in [2.24, 2.45) is 0 Å². The van der Waals surface area contributed by atoms with Crippen molar-refractivity contribution in [3.05, 3.63) is 83.2 Å². The number of aryl methyl sites for hydroxylation is 1. The Balaban J connectivity index is 1.46. The zero-order valence-corrected chi connectivity index (χ0v) is 15.6. The molecule has 0 bridgehead atoms. The van der Waals surface area contributed by atoms with Gasteiger partial charge in [0.15, 0.2) is 0 Å². The normalized spacial score (nSPS) is 11.0. The minimum Gasteiger partial charge on any atom is -0.494 e. The highest BCUT2D eigenvalue weighted by Crippen LogP contribution is 2.20. The third-order valence-electron chi connectivity index (χ3n) is 4.50. The van der Waals surface area contributed by atoms with Crippen molar-refractivity contribution in [2.45, 2.75) is 26.7 Å². The van der Waals surface area contributed by atoms with Gasteiger partial charge < -0.3 is 9.72 Å². The van der Waals surface area contributed by atoms with Crippen LogP contribution in [0.4, 0.5) is 0 Å². The molecule has 0 atom stereocenters. The number of fused-ring (bicyclic) bond motifs is 1. The average Bonchev–Trinajstić information content (AvgIpc) is 3.07. The Kier molecular flexibility index (Phi) is 4.83. The van der Waals surface area contributed by atoms with Crippen LogP contribution in [0.15, 0.2) is 55.1 Å². The molecular formula is C22H22N4O. The van der Waals surface area contributed by atoms with Gasteiger partial charge in [-0.1, -0.05) is 12.1 Å². The van der Waals surface area contributed by atoms with Crippen molar-refractivity contribution >= 4 is 11.0 Å². The van der Waals surface area contributed by atoms with Gasteiger partial charge in [0.1, 0.15) is 17.2 Å². The first-order valence-electron chi connectivity index (χ1n) is 9.15. The number of aromatic nitrogens is 4. The lowest BCUT2D eigenvalue weighted by Crippen LogP contribution is -1.99. The zero-order chi connectivity index (χ0) is 18.6. The summed E-state index contributed by atoms with van der Waals surface area (Å²) in [4.78, 5) is 16.7. The van der Waals surface area contributed by atoms with Gasteiger partial charge in [0.25, 0.3) is 0 Å². The zero-order valence-electron chi connectivity index (χ0n) is 15.6. The van der Waals surface area contributed by atoms with E-state index in [0.29, 0.717) is 13.0 Å². The number of nitrogens with zero attached hydrogens (tertiary/aromatic N) is 3. The van der Waals surface area contributed by atoms with Crippen LogP contribution in [0.1, 0.15) is 35.0 Å². The van der Waals surface area contributed by atoms with Gasteiger partial charge in [0.05, 0.1) is 6.61 Å². The second-order valence-electron chi connectivity index (χ2n) is 6.66. The molecule has 4 rings (SSSR count). The minimum atomic E-state index is 0.677. The topological polar surface area (TPSA) is 63.7 Å². The molecule has 0 aliphatic heterocycles. The summed E-state index contributed by atoms with van der Waals surface area (Å²) in [6.07, 6.45) is 9.22. The second kappa shape index (κ2) is 7.58. The lowest BCUT2D eigenvalue weighted by molar-refractivity contribution is 0.340. The summed E-state index contributed by atoms with van der Waals surface area (Å²) in [5.74, 6) is 1.71. The van der Waals surface area contributed by atoms with Crippen LogP contribution in [0, 0.1) is 6.92 Å². The third kappa shape index (κ3) is 3.97. The van der Waals surface area contributed by atoms with Gasteiger partial charge in [-0.3, -0.25) is 0 Å². The number of nitrogens with one attached hydrogen (secondary N) is 1. The molecule has 0 saturated carbocycles. The van der Waals surface area contributed by atoms with Crippen molar-refractivity contribution in [3.63, 3.8) is 0 Å². The van der Waals surface area contributed by atoms with Crippen molar-refractivity contribution in [1.82, 2.24) is 19.9 Å². The van der Waals surface area contributed by atoms with Crippen LogP contribution in [-0.4, -0.2) is 26.5 Å².